The molecule has 306 valence electrons. The third kappa shape index (κ3) is 11.0. The number of nitrogens with one attached hydrogen (secondary N) is 2. The predicted molar refractivity (Wildman–Crippen MR) is 182 cm³/mol. The third-order valence-corrected chi connectivity index (χ3v) is 9.48. The highest BCUT2D eigenvalue weighted by Crippen LogP contribution is 2.34. The number of carbonyl (C=O) groups excluding carboxylic acids is 1. The van der Waals surface area contributed by atoms with Crippen molar-refractivity contribution in [2.24, 2.45) is 39.4 Å². The van der Waals surface area contributed by atoms with Crippen LogP contribution < -0.4 is 45.0 Å². The molecular formula is C30H57N9O14. The van der Waals surface area contributed by atoms with Crippen molar-refractivity contribution in [1.82, 2.24) is 10.6 Å². The Hall–Kier alpha value is -2.24. The van der Waals surface area contributed by atoms with Crippen LogP contribution in [-0.4, -0.2) is 197 Å². The molecular weight excluding hydrogens is 710 g/mol. The van der Waals surface area contributed by atoms with Crippen LogP contribution in [0.2, 0.25) is 0 Å². The smallest absolute Gasteiger partial charge is 0.249 e. The van der Waals surface area contributed by atoms with Crippen molar-refractivity contribution in [2.75, 3.05) is 39.4 Å². The topological polar surface area (TPSA) is 407 Å². The van der Waals surface area contributed by atoms with Crippen molar-refractivity contribution in [3.05, 3.63) is 12.2 Å². The molecule has 2 saturated heterocycles. The van der Waals surface area contributed by atoms with Crippen LogP contribution in [0.4, 0.5) is 0 Å². The van der Waals surface area contributed by atoms with E-state index >= 15 is 0 Å². The second-order valence-corrected chi connectivity index (χ2v) is 13.4. The molecule has 0 aromatic heterocycles. The fraction of sp³-hybridized carbons (Fsp3) is 0.867. The molecule has 3 fully saturated rings. The first-order chi connectivity index (χ1) is 25.2. The van der Waals surface area contributed by atoms with Gasteiger partial charge in [-0.1, -0.05) is 12.2 Å². The van der Waals surface area contributed by atoms with Gasteiger partial charge in [-0.05, 0) is 6.42 Å². The molecule has 1 saturated carbocycles. The van der Waals surface area contributed by atoms with Crippen molar-refractivity contribution in [1.29, 1.82) is 0 Å². The zero-order valence-electron chi connectivity index (χ0n) is 29.1. The fourth-order valence-corrected chi connectivity index (χ4v) is 6.52. The molecule has 0 aromatic rings. The van der Waals surface area contributed by atoms with Gasteiger partial charge in [0.25, 0.3) is 0 Å². The molecule has 21 N–H and O–H groups in total. The van der Waals surface area contributed by atoms with Gasteiger partial charge in [-0.15, -0.1) is 0 Å². The van der Waals surface area contributed by atoms with Crippen LogP contribution in [0.25, 0.3) is 0 Å². The number of rotatable bonds is 17. The van der Waals surface area contributed by atoms with Gasteiger partial charge in [-0.25, -0.2) is 0 Å². The van der Waals surface area contributed by atoms with Crippen molar-refractivity contribution in [3.8, 4) is 0 Å². The molecule has 23 heteroatoms. The van der Waals surface area contributed by atoms with Gasteiger partial charge in [0.2, 0.25) is 5.91 Å². The van der Waals surface area contributed by atoms with E-state index in [2.05, 4.69) is 15.6 Å². The summed E-state index contributed by atoms with van der Waals surface area (Å²) in [5, 5.41) is 79.0. The van der Waals surface area contributed by atoms with Crippen molar-refractivity contribution in [3.63, 3.8) is 0 Å². The highest BCUT2D eigenvalue weighted by Gasteiger charge is 2.54. The SMILES string of the molecule is NC[C@@H]1O[C@H](O[C@H]2[C@@H](O)[C@H](O[C@@H]3[C@@H](O)[C@H](NC(=O)[C@@H](O)CCN=C(N)N)C[C@H](N)[C@H]3O[C@H]3O[C@H](CNCCO)C=C[C@H]3N)O[C@@H]2CO)[C@H](N)[C@@H](O)[C@@H]1O. The summed E-state index contributed by atoms with van der Waals surface area (Å²) in [6.45, 7) is -0.402. The van der Waals surface area contributed by atoms with Gasteiger partial charge < -0.3 is 109 Å². The molecule has 1 aliphatic carbocycles. The fourth-order valence-electron chi connectivity index (χ4n) is 6.52. The molecule has 1 amide bonds. The molecule has 3 aliphatic heterocycles. The summed E-state index contributed by atoms with van der Waals surface area (Å²) in [5.74, 6) is -1.08. The molecule has 4 aliphatic rings. The number of hydrogen-bond donors (Lipinski definition) is 15. The average Bonchev–Trinajstić information content (AvgIpc) is 3.42. The Kier molecular flexibility index (Phi) is 16.5. The van der Waals surface area contributed by atoms with E-state index in [1.54, 1.807) is 12.2 Å². The lowest BCUT2D eigenvalue weighted by molar-refractivity contribution is -0.284. The molecule has 0 unspecified atom stereocenters. The lowest BCUT2D eigenvalue weighted by Gasteiger charge is -2.46. The van der Waals surface area contributed by atoms with E-state index in [-0.39, 0.29) is 38.5 Å². The Morgan fingerprint density at radius 1 is 0.868 bits per heavy atom. The number of guanidine groups is 1. The van der Waals surface area contributed by atoms with E-state index in [1.807, 2.05) is 0 Å². The molecule has 53 heavy (non-hydrogen) atoms. The number of amides is 1. The Labute approximate surface area is 305 Å². The van der Waals surface area contributed by atoms with Crippen LogP contribution >= 0.6 is 0 Å². The maximum absolute atomic E-state index is 12.9. The summed E-state index contributed by atoms with van der Waals surface area (Å²) < 4.78 is 35.7. The van der Waals surface area contributed by atoms with Crippen molar-refractivity contribution >= 4 is 11.9 Å². The van der Waals surface area contributed by atoms with Crippen LogP contribution in [0.3, 0.4) is 0 Å². The Morgan fingerprint density at radius 2 is 1.55 bits per heavy atom. The number of aliphatic imine (C=N–C) groups is 1. The normalized spacial score (nSPS) is 42.3. The number of ether oxygens (including phenoxy) is 6. The minimum atomic E-state index is -1.68. The van der Waals surface area contributed by atoms with Crippen LogP contribution in [0.1, 0.15) is 12.8 Å². The summed E-state index contributed by atoms with van der Waals surface area (Å²) >= 11 is 0. The van der Waals surface area contributed by atoms with E-state index in [0.717, 1.165) is 0 Å². The van der Waals surface area contributed by atoms with E-state index in [4.69, 9.17) is 67.9 Å². The van der Waals surface area contributed by atoms with Gasteiger partial charge in [0.15, 0.2) is 24.8 Å². The maximum atomic E-state index is 12.9. The molecule has 0 bridgehead atoms. The largest absolute Gasteiger partial charge is 0.395 e. The minimum absolute atomic E-state index is 0.0483. The standard InChI is InChI=1S/C30H57N9O14/c31-8-16-20(44)21(45)18(34)28(49-16)52-24-17(10-41)50-29(22(24)46)53-25-19(43)14(39-26(47)15(42)3-4-38-30(35)36)7-13(33)23(25)51-27-12(32)2-1-11(48-27)9-37-5-6-40/h1-2,11-25,27-29,37,40-46H,3-10,31-34H2,(H,39,47)(H4,35,36,38)/t11-,12+,13-,14+,15-,16-,17+,18+,19-,20+,21+,22+,23+,24+,25+,27+,28+,29-/m0/s1. The second-order valence-electron chi connectivity index (χ2n) is 13.4. The number of hydrogen-bond acceptors (Lipinski definition) is 20. The quantitative estimate of drug-likeness (QED) is 0.0283. The van der Waals surface area contributed by atoms with Gasteiger partial charge >= 0.3 is 0 Å². The number of nitrogens with two attached hydrogens (primary N) is 6. The molecule has 0 aromatic carbocycles. The molecule has 4 rings (SSSR count). The summed E-state index contributed by atoms with van der Waals surface area (Å²) in [6.07, 6.45) is -15.6. The average molecular weight is 768 g/mol. The van der Waals surface area contributed by atoms with Crippen LogP contribution in [-0.2, 0) is 33.2 Å². The monoisotopic (exact) mass is 767 g/mol. The molecule has 23 nitrogen and oxygen atoms in total. The minimum Gasteiger partial charge on any atom is -0.395 e. The Bertz CT molecular complexity index is 1210. The van der Waals surface area contributed by atoms with E-state index in [1.165, 1.54) is 0 Å². The highest BCUT2D eigenvalue weighted by atomic mass is 16.8. The highest BCUT2D eigenvalue weighted by molar-refractivity contribution is 5.81. The van der Waals surface area contributed by atoms with Gasteiger partial charge in [0.1, 0.15) is 61.0 Å². The number of aliphatic hydroxyl groups is 7. The summed E-state index contributed by atoms with van der Waals surface area (Å²) in [6, 6.07) is -4.17. The molecule has 0 radical (unpaired) electrons. The maximum Gasteiger partial charge on any atom is 0.249 e. The van der Waals surface area contributed by atoms with E-state index < -0.39 is 123 Å². The lowest BCUT2D eigenvalue weighted by atomic mass is 9.83. The second kappa shape index (κ2) is 20.1. The van der Waals surface area contributed by atoms with Crippen LogP contribution in [0, 0.1) is 0 Å². The van der Waals surface area contributed by atoms with E-state index in [9.17, 15) is 35.4 Å². The molecule has 18 atom stereocenters. The first kappa shape index (κ1) is 43.5. The predicted octanol–water partition coefficient (Wildman–Crippen LogP) is -9.26. The van der Waals surface area contributed by atoms with E-state index in [0.29, 0.717) is 13.1 Å². The summed E-state index contributed by atoms with van der Waals surface area (Å²) in [5.41, 5.74) is 35.2. The number of aliphatic hydroxyl groups excluding tert-OH is 7. The molecule has 3 heterocycles. The zero-order chi connectivity index (χ0) is 39.0. The molecule has 0 spiro atoms. The van der Waals surface area contributed by atoms with Crippen molar-refractivity contribution < 1.29 is 69.0 Å². The van der Waals surface area contributed by atoms with Crippen LogP contribution in [0.5, 0.6) is 0 Å². The zero-order valence-corrected chi connectivity index (χ0v) is 29.1. The summed E-state index contributed by atoms with van der Waals surface area (Å²) in [4.78, 5) is 16.7. The third-order valence-electron chi connectivity index (χ3n) is 9.48. The van der Waals surface area contributed by atoms with Crippen LogP contribution in [0.15, 0.2) is 17.1 Å². The number of nitrogens with zero attached hydrogens (tertiary/aromatic N) is 1. The first-order valence-electron chi connectivity index (χ1n) is 17.5. The Morgan fingerprint density at radius 3 is 2.21 bits per heavy atom. The van der Waals surface area contributed by atoms with Gasteiger partial charge in [0.05, 0.1) is 37.4 Å². The lowest BCUT2D eigenvalue weighted by Crippen LogP contribution is -2.67. The number of carbonyl (C=O) groups is 1. The van der Waals surface area contributed by atoms with Gasteiger partial charge in [-0.2, -0.15) is 0 Å². The Balaban J connectivity index is 1.54. The van der Waals surface area contributed by atoms with Crippen molar-refractivity contribution in [2.45, 2.75) is 123 Å². The van der Waals surface area contributed by atoms with Gasteiger partial charge in [0, 0.05) is 38.6 Å². The van der Waals surface area contributed by atoms with Gasteiger partial charge in [-0.3, -0.25) is 9.79 Å². The summed E-state index contributed by atoms with van der Waals surface area (Å²) in [7, 11) is 0. The first-order valence-corrected chi connectivity index (χ1v) is 17.5.